The van der Waals surface area contributed by atoms with Crippen molar-refractivity contribution in [3.63, 3.8) is 0 Å². The molecule has 0 aromatic rings. The van der Waals surface area contributed by atoms with Crippen LogP contribution in [0.4, 0.5) is 0 Å². The van der Waals surface area contributed by atoms with E-state index in [1.165, 1.54) is 0 Å². The van der Waals surface area contributed by atoms with E-state index < -0.39 is 0 Å². The summed E-state index contributed by atoms with van der Waals surface area (Å²) in [7, 11) is -0.0871. The van der Waals surface area contributed by atoms with Gasteiger partial charge in [0, 0.05) is 6.54 Å². The quantitative estimate of drug-likeness (QED) is 0.727. The van der Waals surface area contributed by atoms with E-state index >= 15 is 0 Å². The van der Waals surface area contributed by atoms with Crippen molar-refractivity contribution in [2.24, 2.45) is 11.7 Å². The molecule has 1 aliphatic rings. The second kappa shape index (κ2) is 4.44. The van der Waals surface area contributed by atoms with Crippen LogP contribution in [-0.2, 0) is 9.31 Å². The highest BCUT2D eigenvalue weighted by Gasteiger charge is 2.52. The molecule has 0 aliphatic carbocycles. The maximum atomic E-state index is 5.92. The Hall–Kier alpha value is -0.0551. The second-order valence-electron chi connectivity index (χ2n) is 5.58. The maximum Gasteiger partial charge on any atom is 0.457 e. The van der Waals surface area contributed by atoms with Crippen LogP contribution >= 0.6 is 0 Å². The number of hydrogen-bond acceptors (Lipinski definition) is 3. The Morgan fingerprint density at radius 2 is 1.80 bits per heavy atom. The lowest BCUT2D eigenvalue weighted by Gasteiger charge is -2.35. The first-order valence-electron chi connectivity index (χ1n) is 5.86. The largest absolute Gasteiger partial charge is 0.457 e. The third-order valence-corrected chi connectivity index (χ3v) is 3.46. The zero-order chi connectivity index (χ0) is 11.7. The van der Waals surface area contributed by atoms with Gasteiger partial charge in [0.15, 0.2) is 0 Å². The molecule has 0 aromatic carbocycles. The minimum atomic E-state index is -0.353. The monoisotopic (exact) mass is 213 g/mol. The van der Waals surface area contributed by atoms with Gasteiger partial charge in [-0.2, -0.15) is 0 Å². The van der Waals surface area contributed by atoms with Crippen molar-refractivity contribution in [1.82, 2.24) is 0 Å². The van der Waals surface area contributed by atoms with Gasteiger partial charge in [-0.1, -0.05) is 20.3 Å². The molecule has 88 valence electrons. The minimum Gasteiger partial charge on any atom is -0.403 e. The van der Waals surface area contributed by atoms with Gasteiger partial charge in [0.2, 0.25) is 0 Å². The molecule has 1 unspecified atom stereocenters. The molecule has 15 heavy (non-hydrogen) atoms. The fourth-order valence-electron chi connectivity index (χ4n) is 1.79. The average Bonchev–Trinajstić information content (AvgIpc) is 2.35. The molecule has 1 fully saturated rings. The molecule has 0 aromatic heterocycles. The predicted molar refractivity (Wildman–Crippen MR) is 63.7 cm³/mol. The van der Waals surface area contributed by atoms with E-state index in [-0.39, 0.29) is 18.3 Å². The molecule has 0 bridgehead atoms. The number of hydrogen-bond donors (Lipinski definition) is 1. The Morgan fingerprint density at radius 3 is 2.20 bits per heavy atom. The van der Waals surface area contributed by atoms with Gasteiger partial charge in [-0.05, 0) is 33.0 Å². The molecular weight excluding hydrogens is 189 g/mol. The van der Waals surface area contributed by atoms with Crippen molar-refractivity contribution in [1.29, 1.82) is 0 Å². The van der Waals surface area contributed by atoms with E-state index in [1.54, 1.807) is 0 Å². The molecule has 0 spiro atoms. The topological polar surface area (TPSA) is 44.5 Å². The maximum absolute atomic E-state index is 5.92. The van der Waals surface area contributed by atoms with Crippen molar-refractivity contribution in [3.8, 4) is 0 Å². The van der Waals surface area contributed by atoms with Crippen LogP contribution in [0, 0.1) is 5.92 Å². The lowest BCUT2D eigenvalue weighted by atomic mass is 9.80. The summed E-state index contributed by atoms with van der Waals surface area (Å²) in [5.41, 5.74) is 5.12. The summed E-state index contributed by atoms with van der Waals surface area (Å²) in [5, 5.41) is 0. The standard InChI is InChI=1S/C11H24BNO2/c1-9(2)6-7-12-14-10(3,4)11(5,8-13)15-12/h9H,6-8,13H2,1-5H3. The molecule has 1 saturated heterocycles. The van der Waals surface area contributed by atoms with Crippen LogP contribution in [0.25, 0.3) is 0 Å². The van der Waals surface area contributed by atoms with Crippen LogP contribution < -0.4 is 5.73 Å². The first-order chi connectivity index (χ1) is 6.81. The van der Waals surface area contributed by atoms with Crippen molar-refractivity contribution in [2.75, 3.05) is 6.54 Å². The first kappa shape index (κ1) is 13.0. The van der Waals surface area contributed by atoms with Gasteiger partial charge in [0.05, 0.1) is 11.2 Å². The summed E-state index contributed by atoms with van der Waals surface area (Å²) in [6.07, 6.45) is 2.08. The number of rotatable bonds is 4. The third kappa shape index (κ3) is 2.74. The Labute approximate surface area is 93.8 Å². The van der Waals surface area contributed by atoms with Gasteiger partial charge in [-0.15, -0.1) is 0 Å². The van der Waals surface area contributed by atoms with Crippen LogP contribution in [0.15, 0.2) is 0 Å². The minimum absolute atomic E-state index is 0.0871. The van der Waals surface area contributed by atoms with Crippen molar-refractivity contribution in [3.05, 3.63) is 0 Å². The van der Waals surface area contributed by atoms with E-state index in [4.69, 9.17) is 15.0 Å². The lowest BCUT2D eigenvalue weighted by Crippen LogP contribution is -2.50. The average molecular weight is 213 g/mol. The summed E-state index contributed by atoms with van der Waals surface area (Å²) < 4.78 is 11.8. The normalized spacial score (nSPS) is 30.2. The first-order valence-corrected chi connectivity index (χ1v) is 5.86. The predicted octanol–water partition coefficient (Wildman–Crippen LogP) is 2.06. The fourth-order valence-corrected chi connectivity index (χ4v) is 1.79. The van der Waals surface area contributed by atoms with Crippen molar-refractivity contribution < 1.29 is 9.31 Å². The Morgan fingerprint density at radius 1 is 1.20 bits per heavy atom. The summed E-state index contributed by atoms with van der Waals surface area (Å²) >= 11 is 0. The Balaban J connectivity index is 2.55. The molecule has 4 heteroatoms. The van der Waals surface area contributed by atoms with Gasteiger partial charge in [0.25, 0.3) is 0 Å². The Kier molecular flexibility index (Phi) is 3.85. The van der Waals surface area contributed by atoms with Crippen molar-refractivity contribution >= 4 is 7.12 Å². The highest BCUT2D eigenvalue weighted by molar-refractivity contribution is 6.45. The molecule has 0 radical (unpaired) electrons. The molecule has 1 aliphatic heterocycles. The third-order valence-electron chi connectivity index (χ3n) is 3.46. The van der Waals surface area contributed by atoms with E-state index in [0.29, 0.717) is 12.5 Å². The van der Waals surface area contributed by atoms with Gasteiger partial charge in [0.1, 0.15) is 0 Å². The molecule has 2 N–H and O–H groups in total. The van der Waals surface area contributed by atoms with Gasteiger partial charge in [-0.25, -0.2) is 0 Å². The van der Waals surface area contributed by atoms with E-state index in [0.717, 1.165) is 12.7 Å². The van der Waals surface area contributed by atoms with E-state index in [9.17, 15) is 0 Å². The molecule has 3 nitrogen and oxygen atoms in total. The Bertz CT molecular complexity index is 221. The van der Waals surface area contributed by atoms with Crippen LogP contribution in [0.2, 0.25) is 6.32 Å². The summed E-state index contributed by atoms with van der Waals surface area (Å²) in [6.45, 7) is 11.1. The van der Waals surface area contributed by atoms with E-state index in [1.807, 2.05) is 6.92 Å². The highest BCUT2D eigenvalue weighted by Crippen LogP contribution is 2.37. The molecular formula is C11H24BNO2. The zero-order valence-electron chi connectivity index (χ0n) is 10.7. The van der Waals surface area contributed by atoms with Crippen LogP contribution in [-0.4, -0.2) is 24.9 Å². The van der Waals surface area contributed by atoms with Gasteiger partial charge >= 0.3 is 7.12 Å². The van der Waals surface area contributed by atoms with E-state index in [2.05, 4.69) is 27.7 Å². The molecule has 0 amide bonds. The van der Waals surface area contributed by atoms with Crippen LogP contribution in [0.1, 0.15) is 41.0 Å². The molecule has 1 atom stereocenters. The SMILES string of the molecule is CC(C)CCB1OC(C)(C)C(C)(CN)O1. The zero-order valence-corrected chi connectivity index (χ0v) is 10.7. The summed E-state index contributed by atoms with van der Waals surface area (Å²) in [6, 6.07) is 0. The highest BCUT2D eigenvalue weighted by atomic mass is 16.7. The van der Waals surface area contributed by atoms with Crippen LogP contribution in [0.3, 0.4) is 0 Å². The molecule has 0 saturated carbocycles. The molecule has 1 heterocycles. The van der Waals surface area contributed by atoms with Gasteiger partial charge in [-0.3, -0.25) is 0 Å². The second-order valence-corrected chi connectivity index (χ2v) is 5.58. The van der Waals surface area contributed by atoms with Gasteiger partial charge < -0.3 is 15.0 Å². The fraction of sp³-hybridized carbons (Fsp3) is 1.00. The van der Waals surface area contributed by atoms with Crippen molar-refractivity contribution in [2.45, 2.75) is 58.6 Å². The summed E-state index contributed by atoms with van der Waals surface area (Å²) in [4.78, 5) is 0. The smallest absolute Gasteiger partial charge is 0.403 e. The summed E-state index contributed by atoms with van der Waals surface area (Å²) in [5.74, 6) is 0.685. The lowest BCUT2D eigenvalue weighted by molar-refractivity contribution is -0.00187. The number of nitrogens with two attached hydrogens (primary N) is 1. The van der Waals surface area contributed by atoms with Crippen LogP contribution in [0.5, 0.6) is 0 Å². The molecule has 1 rings (SSSR count).